The van der Waals surface area contributed by atoms with Crippen LogP contribution in [-0.4, -0.2) is 16.5 Å². The molecule has 2 heterocycles. The van der Waals surface area contributed by atoms with Gasteiger partial charge in [0.25, 0.3) is 0 Å². The van der Waals surface area contributed by atoms with E-state index in [-0.39, 0.29) is 0 Å². The maximum absolute atomic E-state index is 4.44. The standard InChI is InChI=1S/C16H22N4/c1-3-7-18-14-9-15(11-17-10-14)20-12-16-13(4-2)6-5-8-19-16/h5-6,8-11,18,20H,3-4,7,12H2,1-2H3. The van der Waals surface area contributed by atoms with Gasteiger partial charge in [0, 0.05) is 12.7 Å². The predicted molar refractivity (Wildman–Crippen MR) is 84.0 cm³/mol. The van der Waals surface area contributed by atoms with Crippen LogP contribution in [0, 0.1) is 0 Å². The molecule has 0 fully saturated rings. The molecule has 0 bridgehead atoms. The van der Waals surface area contributed by atoms with Crippen molar-refractivity contribution in [2.45, 2.75) is 33.2 Å². The molecule has 4 heteroatoms. The predicted octanol–water partition coefficient (Wildman–Crippen LogP) is 3.47. The Bertz CT molecular complexity index is 540. The first-order chi connectivity index (χ1) is 9.83. The number of nitrogens with zero attached hydrogens (tertiary/aromatic N) is 2. The Hall–Kier alpha value is -2.10. The van der Waals surface area contributed by atoms with Crippen molar-refractivity contribution in [2.75, 3.05) is 17.2 Å². The molecule has 0 aliphatic carbocycles. The molecule has 2 aromatic heterocycles. The average Bonchev–Trinajstić information content (AvgIpc) is 2.51. The van der Waals surface area contributed by atoms with Crippen LogP contribution in [0.15, 0.2) is 36.8 Å². The zero-order valence-corrected chi connectivity index (χ0v) is 12.2. The molecule has 0 aromatic carbocycles. The summed E-state index contributed by atoms with van der Waals surface area (Å²) in [6.07, 6.45) is 7.63. The van der Waals surface area contributed by atoms with Gasteiger partial charge in [-0.25, -0.2) is 0 Å². The van der Waals surface area contributed by atoms with E-state index in [1.54, 1.807) is 0 Å². The number of pyridine rings is 2. The zero-order valence-electron chi connectivity index (χ0n) is 12.2. The van der Waals surface area contributed by atoms with Crippen molar-refractivity contribution in [3.8, 4) is 0 Å². The average molecular weight is 270 g/mol. The summed E-state index contributed by atoms with van der Waals surface area (Å²) in [5.41, 5.74) is 4.45. The Kier molecular flexibility index (Phi) is 5.35. The molecule has 0 amide bonds. The summed E-state index contributed by atoms with van der Waals surface area (Å²) in [7, 11) is 0. The fraction of sp³-hybridized carbons (Fsp3) is 0.375. The van der Waals surface area contributed by atoms with Crippen LogP contribution < -0.4 is 10.6 Å². The fourth-order valence-corrected chi connectivity index (χ4v) is 2.04. The smallest absolute Gasteiger partial charge is 0.0626 e. The topological polar surface area (TPSA) is 49.8 Å². The summed E-state index contributed by atoms with van der Waals surface area (Å²) < 4.78 is 0. The van der Waals surface area contributed by atoms with E-state index >= 15 is 0 Å². The van der Waals surface area contributed by atoms with Crippen LogP contribution in [-0.2, 0) is 13.0 Å². The minimum atomic E-state index is 0.725. The third kappa shape index (κ3) is 3.95. The maximum Gasteiger partial charge on any atom is 0.0626 e. The molecule has 0 saturated carbocycles. The van der Waals surface area contributed by atoms with Crippen LogP contribution in [0.25, 0.3) is 0 Å². The second kappa shape index (κ2) is 7.48. The molecule has 4 nitrogen and oxygen atoms in total. The third-order valence-electron chi connectivity index (χ3n) is 3.14. The van der Waals surface area contributed by atoms with Gasteiger partial charge in [-0.05, 0) is 30.5 Å². The number of aromatic nitrogens is 2. The van der Waals surface area contributed by atoms with Crippen LogP contribution in [0.2, 0.25) is 0 Å². The molecule has 0 aliphatic rings. The molecule has 0 atom stereocenters. The number of hydrogen-bond acceptors (Lipinski definition) is 4. The van der Waals surface area contributed by atoms with Crippen molar-refractivity contribution in [1.29, 1.82) is 0 Å². The molecule has 0 spiro atoms. The van der Waals surface area contributed by atoms with Gasteiger partial charge in [0.15, 0.2) is 0 Å². The minimum Gasteiger partial charge on any atom is -0.384 e. The summed E-state index contributed by atoms with van der Waals surface area (Å²) >= 11 is 0. The van der Waals surface area contributed by atoms with Crippen LogP contribution in [0.5, 0.6) is 0 Å². The quantitative estimate of drug-likeness (QED) is 0.809. The normalized spacial score (nSPS) is 10.3. The Morgan fingerprint density at radius 3 is 2.65 bits per heavy atom. The highest BCUT2D eigenvalue weighted by molar-refractivity contribution is 5.54. The summed E-state index contributed by atoms with van der Waals surface area (Å²) in [6.45, 7) is 5.99. The van der Waals surface area contributed by atoms with Gasteiger partial charge >= 0.3 is 0 Å². The van der Waals surface area contributed by atoms with E-state index in [1.807, 2.05) is 24.7 Å². The van der Waals surface area contributed by atoms with Crippen molar-refractivity contribution in [3.05, 3.63) is 48.0 Å². The molecule has 0 aliphatic heterocycles. The molecular weight excluding hydrogens is 248 g/mol. The van der Waals surface area contributed by atoms with Gasteiger partial charge < -0.3 is 10.6 Å². The zero-order chi connectivity index (χ0) is 14.2. The molecule has 0 radical (unpaired) electrons. The molecule has 0 saturated heterocycles. The van der Waals surface area contributed by atoms with Gasteiger partial charge in [-0.3, -0.25) is 9.97 Å². The second-order valence-electron chi connectivity index (χ2n) is 4.71. The van der Waals surface area contributed by atoms with Crippen molar-refractivity contribution in [2.24, 2.45) is 0 Å². The molecule has 0 unspecified atom stereocenters. The van der Waals surface area contributed by atoms with E-state index in [2.05, 4.69) is 46.6 Å². The monoisotopic (exact) mass is 270 g/mol. The molecule has 20 heavy (non-hydrogen) atoms. The van der Waals surface area contributed by atoms with Crippen LogP contribution >= 0.6 is 0 Å². The highest BCUT2D eigenvalue weighted by Gasteiger charge is 2.02. The number of nitrogens with one attached hydrogen (secondary N) is 2. The Balaban J connectivity index is 1.99. The minimum absolute atomic E-state index is 0.725. The summed E-state index contributed by atoms with van der Waals surface area (Å²) in [6, 6.07) is 6.19. The van der Waals surface area contributed by atoms with Gasteiger partial charge in [-0.1, -0.05) is 19.9 Å². The van der Waals surface area contributed by atoms with Crippen molar-refractivity contribution >= 4 is 11.4 Å². The van der Waals surface area contributed by atoms with E-state index in [4.69, 9.17) is 0 Å². The van der Waals surface area contributed by atoms with Crippen LogP contribution in [0.1, 0.15) is 31.5 Å². The van der Waals surface area contributed by atoms with Crippen molar-refractivity contribution in [3.63, 3.8) is 0 Å². The summed E-state index contributed by atoms with van der Waals surface area (Å²) in [5, 5.41) is 6.72. The van der Waals surface area contributed by atoms with Gasteiger partial charge in [0.05, 0.1) is 36.0 Å². The SMILES string of the molecule is CCCNc1cncc(NCc2ncccc2CC)c1. The van der Waals surface area contributed by atoms with Gasteiger partial charge in [-0.15, -0.1) is 0 Å². The lowest BCUT2D eigenvalue weighted by Gasteiger charge is -2.10. The number of aryl methyl sites for hydroxylation is 1. The van der Waals surface area contributed by atoms with E-state index in [0.29, 0.717) is 0 Å². The Morgan fingerprint density at radius 1 is 1.10 bits per heavy atom. The molecule has 106 valence electrons. The molecule has 2 N–H and O–H groups in total. The summed E-state index contributed by atoms with van der Waals surface area (Å²) in [4.78, 5) is 8.69. The summed E-state index contributed by atoms with van der Waals surface area (Å²) in [5.74, 6) is 0. The van der Waals surface area contributed by atoms with E-state index in [9.17, 15) is 0 Å². The molecular formula is C16H22N4. The fourth-order valence-electron chi connectivity index (χ4n) is 2.04. The van der Waals surface area contributed by atoms with E-state index in [1.165, 1.54) is 5.56 Å². The van der Waals surface area contributed by atoms with Crippen molar-refractivity contribution in [1.82, 2.24) is 9.97 Å². The van der Waals surface area contributed by atoms with E-state index < -0.39 is 0 Å². The first-order valence-electron chi connectivity index (χ1n) is 7.19. The number of rotatable bonds is 7. The lowest BCUT2D eigenvalue weighted by atomic mass is 10.1. The van der Waals surface area contributed by atoms with Gasteiger partial charge in [-0.2, -0.15) is 0 Å². The number of anilines is 2. The third-order valence-corrected chi connectivity index (χ3v) is 3.14. The molecule has 2 aromatic rings. The van der Waals surface area contributed by atoms with Crippen molar-refractivity contribution < 1.29 is 0 Å². The Morgan fingerprint density at radius 2 is 1.90 bits per heavy atom. The molecule has 2 rings (SSSR count). The van der Waals surface area contributed by atoms with Gasteiger partial charge in [0.1, 0.15) is 0 Å². The first kappa shape index (κ1) is 14.3. The second-order valence-corrected chi connectivity index (χ2v) is 4.71. The lowest BCUT2D eigenvalue weighted by molar-refractivity contribution is 0.966. The lowest BCUT2D eigenvalue weighted by Crippen LogP contribution is -2.06. The maximum atomic E-state index is 4.44. The van der Waals surface area contributed by atoms with Crippen LogP contribution in [0.3, 0.4) is 0 Å². The number of hydrogen-bond donors (Lipinski definition) is 2. The highest BCUT2D eigenvalue weighted by Crippen LogP contribution is 2.15. The van der Waals surface area contributed by atoms with Gasteiger partial charge in [0.2, 0.25) is 0 Å². The highest BCUT2D eigenvalue weighted by atomic mass is 14.9. The largest absolute Gasteiger partial charge is 0.384 e. The first-order valence-corrected chi connectivity index (χ1v) is 7.19. The van der Waals surface area contributed by atoms with E-state index in [0.717, 1.165) is 43.0 Å². The van der Waals surface area contributed by atoms with Crippen LogP contribution in [0.4, 0.5) is 11.4 Å². The Labute approximate surface area is 120 Å².